The Morgan fingerprint density at radius 3 is 2.59 bits per heavy atom. The van der Waals surface area contributed by atoms with Gasteiger partial charge in [0.15, 0.2) is 0 Å². The normalized spacial score (nSPS) is 17.6. The van der Waals surface area contributed by atoms with Gasteiger partial charge in [0.05, 0.1) is 13.2 Å². The molecule has 5 heteroatoms. The van der Waals surface area contributed by atoms with Crippen LogP contribution in [0.3, 0.4) is 0 Å². The quantitative estimate of drug-likeness (QED) is 0.759. The number of morpholine rings is 1. The van der Waals surface area contributed by atoms with E-state index in [4.69, 9.17) is 4.74 Å². The van der Waals surface area contributed by atoms with Crippen LogP contribution in [0.25, 0.3) is 0 Å². The highest BCUT2D eigenvalue weighted by molar-refractivity contribution is 5.80. The molecule has 1 N–H and O–H groups in total. The molecule has 1 saturated heterocycles. The molecule has 17 heavy (non-hydrogen) atoms. The minimum atomic E-state index is 0.0217. The second kappa shape index (κ2) is 7.27. The molecule has 98 valence electrons. The molecule has 1 rings (SSSR count). The van der Waals surface area contributed by atoms with Gasteiger partial charge >= 0.3 is 0 Å². The van der Waals surface area contributed by atoms with Crippen molar-refractivity contribution in [1.29, 1.82) is 0 Å². The van der Waals surface area contributed by atoms with Gasteiger partial charge in [-0.3, -0.25) is 9.59 Å². The smallest absolute Gasteiger partial charge is 0.224 e. The summed E-state index contributed by atoms with van der Waals surface area (Å²) >= 11 is 0. The Morgan fingerprint density at radius 1 is 1.35 bits per heavy atom. The molecule has 0 spiro atoms. The van der Waals surface area contributed by atoms with E-state index in [1.54, 1.807) is 4.90 Å². The summed E-state index contributed by atoms with van der Waals surface area (Å²) < 4.78 is 5.17. The van der Waals surface area contributed by atoms with E-state index >= 15 is 0 Å². The fraction of sp³-hybridized carbons (Fsp3) is 0.833. The summed E-state index contributed by atoms with van der Waals surface area (Å²) in [5.74, 6) is 0.147. The van der Waals surface area contributed by atoms with Crippen molar-refractivity contribution < 1.29 is 14.3 Å². The summed E-state index contributed by atoms with van der Waals surface area (Å²) in [6, 6.07) is 0. The highest BCUT2D eigenvalue weighted by Crippen LogP contribution is 2.01. The van der Waals surface area contributed by atoms with Crippen LogP contribution in [-0.4, -0.2) is 49.6 Å². The maximum absolute atomic E-state index is 11.7. The average molecular weight is 242 g/mol. The Hall–Kier alpha value is -1.10. The number of ether oxygens (including phenoxy) is 1. The van der Waals surface area contributed by atoms with Gasteiger partial charge in [0, 0.05) is 32.0 Å². The third-order valence-electron chi connectivity index (χ3n) is 3.06. The fourth-order valence-corrected chi connectivity index (χ4v) is 1.62. The van der Waals surface area contributed by atoms with Gasteiger partial charge in [-0.15, -0.1) is 0 Å². The molecule has 0 aromatic rings. The molecular formula is C12H22N2O3. The monoisotopic (exact) mass is 242 g/mol. The van der Waals surface area contributed by atoms with Crippen LogP contribution in [0.15, 0.2) is 0 Å². The molecule has 1 unspecified atom stereocenters. The molecule has 0 aliphatic carbocycles. The molecule has 0 bridgehead atoms. The molecule has 0 radical (unpaired) electrons. The number of carbonyl (C=O) groups is 2. The first kappa shape index (κ1) is 14.0. The lowest BCUT2D eigenvalue weighted by atomic mass is 10.1. The van der Waals surface area contributed by atoms with Gasteiger partial charge in [-0.2, -0.15) is 0 Å². The van der Waals surface area contributed by atoms with Crippen molar-refractivity contribution >= 4 is 11.8 Å². The van der Waals surface area contributed by atoms with Gasteiger partial charge in [0.1, 0.15) is 0 Å². The summed E-state index contributed by atoms with van der Waals surface area (Å²) in [5, 5.41) is 2.79. The third-order valence-corrected chi connectivity index (χ3v) is 3.06. The molecule has 0 aromatic heterocycles. The molecule has 0 aromatic carbocycles. The van der Waals surface area contributed by atoms with Gasteiger partial charge < -0.3 is 15.0 Å². The van der Waals surface area contributed by atoms with Crippen molar-refractivity contribution in [3.8, 4) is 0 Å². The van der Waals surface area contributed by atoms with Crippen molar-refractivity contribution in [1.82, 2.24) is 10.2 Å². The van der Waals surface area contributed by atoms with Gasteiger partial charge in [-0.25, -0.2) is 0 Å². The highest BCUT2D eigenvalue weighted by Gasteiger charge is 2.17. The molecular weight excluding hydrogens is 220 g/mol. The predicted molar refractivity (Wildman–Crippen MR) is 64.5 cm³/mol. The standard InChI is InChI=1S/C12H22N2O3/c1-3-10(2)12(16)13-5-4-11(15)14-6-8-17-9-7-14/h10H,3-9H2,1-2H3,(H,13,16). The first-order valence-corrected chi connectivity index (χ1v) is 6.28. The molecule has 1 aliphatic heterocycles. The zero-order chi connectivity index (χ0) is 12.7. The Morgan fingerprint density at radius 2 is 2.00 bits per heavy atom. The zero-order valence-corrected chi connectivity index (χ0v) is 10.7. The summed E-state index contributed by atoms with van der Waals surface area (Å²) in [5.41, 5.74) is 0. The lowest BCUT2D eigenvalue weighted by Gasteiger charge is -2.26. The fourth-order valence-electron chi connectivity index (χ4n) is 1.62. The van der Waals surface area contributed by atoms with Crippen molar-refractivity contribution in [2.45, 2.75) is 26.7 Å². The third kappa shape index (κ3) is 4.73. The summed E-state index contributed by atoms with van der Waals surface area (Å²) in [7, 11) is 0. The van der Waals surface area contributed by atoms with Gasteiger partial charge in [0.25, 0.3) is 0 Å². The highest BCUT2D eigenvalue weighted by atomic mass is 16.5. The minimum Gasteiger partial charge on any atom is -0.378 e. The maximum Gasteiger partial charge on any atom is 0.224 e. The average Bonchev–Trinajstić information content (AvgIpc) is 2.38. The number of rotatable bonds is 5. The van der Waals surface area contributed by atoms with Crippen LogP contribution in [0.5, 0.6) is 0 Å². The Bertz CT molecular complexity index is 262. The molecule has 2 amide bonds. The van der Waals surface area contributed by atoms with Gasteiger partial charge in [0.2, 0.25) is 11.8 Å². The van der Waals surface area contributed by atoms with E-state index in [-0.39, 0.29) is 17.7 Å². The topological polar surface area (TPSA) is 58.6 Å². The number of amides is 2. The first-order chi connectivity index (χ1) is 8.15. The number of nitrogens with one attached hydrogen (secondary N) is 1. The van der Waals surface area contributed by atoms with Gasteiger partial charge in [-0.05, 0) is 6.42 Å². The van der Waals surface area contributed by atoms with Crippen molar-refractivity contribution in [2.24, 2.45) is 5.92 Å². The maximum atomic E-state index is 11.7. The van der Waals surface area contributed by atoms with Crippen LogP contribution >= 0.6 is 0 Å². The number of hydrogen-bond donors (Lipinski definition) is 1. The number of hydrogen-bond acceptors (Lipinski definition) is 3. The molecule has 0 saturated carbocycles. The Labute approximate surface area is 102 Å². The van der Waals surface area contributed by atoms with E-state index in [2.05, 4.69) is 5.32 Å². The van der Waals surface area contributed by atoms with E-state index < -0.39 is 0 Å². The van der Waals surface area contributed by atoms with E-state index in [0.29, 0.717) is 39.3 Å². The molecule has 5 nitrogen and oxygen atoms in total. The Balaban J connectivity index is 2.17. The van der Waals surface area contributed by atoms with Gasteiger partial charge in [-0.1, -0.05) is 13.8 Å². The van der Waals surface area contributed by atoms with Crippen LogP contribution in [0.1, 0.15) is 26.7 Å². The SMILES string of the molecule is CCC(C)C(=O)NCCC(=O)N1CCOCC1. The van der Waals surface area contributed by atoms with Crippen molar-refractivity contribution in [3.05, 3.63) is 0 Å². The minimum absolute atomic E-state index is 0.0217. The van der Waals surface area contributed by atoms with Crippen LogP contribution in [-0.2, 0) is 14.3 Å². The second-order valence-corrected chi connectivity index (χ2v) is 4.34. The van der Waals surface area contributed by atoms with E-state index in [1.807, 2.05) is 13.8 Å². The lowest BCUT2D eigenvalue weighted by Crippen LogP contribution is -2.42. The molecule has 1 atom stereocenters. The van der Waals surface area contributed by atoms with E-state index in [9.17, 15) is 9.59 Å². The summed E-state index contributed by atoms with van der Waals surface area (Å²) in [6.07, 6.45) is 1.20. The molecule has 1 aliphatic rings. The summed E-state index contributed by atoms with van der Waals surface area (Å²) in [6.45, 7) is 6.86. The van der Waals surface area contributed by atoms with Crippen LogP contribution < -0.4 is 5.32 Å². The van der Waals surface area contributed by atoms with Crippen molar-refractivity contribution in [3.63, 3.8) is 0 Å². The Kier molecular flexibility index (Phi) is 5.97. The van der Waals surface area contributed by atoms with E-state index in [1.165, 1.54) is 0 Å². The molecule has 1 heterocycles. The van der Waals surface area contributed by atoms with Crippen LogP contribution in [0, 0.1) is 5.92 Å². The predicted octanol–water partition coefficient (Wildman–Crippen LogP) is 0.398. The second-order valence-electron chi connectivity index (χ2n) is 4.34. The molecule has 1 fully saturated rings. The van der Waals surface area contributed by atoms with Crippen molar-refractivity contribution in [2.75, 3.05) is 32.8 Å². The number of carbonyl (C=O) groups excluding carboxylic acids is 2. The van der Waals surface area contributed by atoms with Crippen LogP contribution in [0.2, 0.25) is 0 Å². The summed E-state index contributed by atoms with van der Waals surface area (Å²) in [4.78, 5) is 25.0. The van der Waals surface area contributed by atoms with E-state index in [0.717, 1.165) is 6.42 Å². The number of nitrogens with zero attached hydrogens (tertiary/aromatic N) is 1. The first-order valence-electron chi connectivity index (χ1n) is 6.28. The van der Waals surface area contributed by atoms with Crippen LogP contribution in [0.4, 0.5) is 0 Å². The zero-order valence-electron chi connectivity index (χ0n) is 10.7. The lowest BCUT2D eigenvalue weighted by molar-refractivity contribution is -0.135. The largest absolute Gasteiger partial charge is 0.378 e.